The Morgan fingerprint density at radius 2 is 1.89 bits per heavy atom. The summed E-state index contributed by atoms with van der Waals surface area (Å²) in [7, 11) is -3.17. The van der Waals surface area contributed by atoms with E-state index in [1.165, 1.54) is 4.31 Å². The zero-order valence-electron chi connectivity index (χ0n) is 10.7. The van der Waals surface area contributed by atoms with Crippen molar-refractivity contribution in [2.75, 3.05) is 24.7 Å². The molecule has 0 spiro atoms. The molecule has 18 heavy (non-hydrogen) atoms. The molecule has 1 aromatic carbocycles. The maximum Gasteiger partial charge on any atom is 0.214 e. The summed E-state index contributed by atoms with van der Waals surface area (Å²) in [5, 5.41) is 0. The molecule has 0 heterocycles. The van der Waals surface area contributed by atoms with Gasteiger partial charge in [0.2, 0.25) is 10.0 Å². The Bertz CT molecular complexity index is 434. The van der Waals surface area contributed by atoms with Crippen molar-refractivity contribution in [3.8, 4) is 0 Å². The molecule has 0 saturated heterocycles. The van der Waals surface area contributed by atoms with Crippen molar-refractivity contribution < 1.29 is 8.42 Å². The van der Waals surface area contributed by atoms with E-state index in [9.17, 15) is 8.42 Å². The monoisotopic (exact) mass is 289 g/mol. The average molecular weight is 290 g/mol. The van der Waals surface area contributed by atoms with Crippen molar-refractivity contribution >= 4 is 21.6 Å². The highest BCUT2D eigenvalue weighted by Crippen LogP contribution is 2.07. The van der Waals surface area contributed by atoms with Crippen LogP contribution in [-0.4, -0.2) is 37.4 Å². The summed E-state index contributed by atoms with van der Waals surface area (Å²) in [6.07, 6.45) is 1.25. The molecule has 0 aliphatic carbocycles. The van der Waals surface area contributed by atoms with Gasteiger partial charge in [-0.2, -0.15) is 0 Å². The standard InChI is InChI=1S/C13H20ClNO2S/c1-2-15(11-6-10-14)18(16,17)12-9-13-7-4-3-5-8-13/h3-5,7-8H,2,6,9-12H2,1H3. The highest BCUT2D eigenvalue weighted by atomic mass is 35.5. The fourth-order valence-corrected chi connectivity index (χ4v) is 3.42. The molecule has 0 bridgehead atoms. The maximum atomic E-state index is 12.1. The fourth-order valence-electron chi connectivity index (χ4n) is 1.75. The van der Waals surface area contributed by atoms with Crippen LogP contribution in [0.2, 0.25) is 0 Å². The van der Waals surface area contributed by atoms with Gasteiger partial charge in [-0.3, -0.25) is 0 Å². The SMILES string of the molecule is CCN(CCCCl)S(=O)(=O)CCc1ccccc1. The Morgan fingerprint density at radius 1 is 1.22 bits per heavy atom. The summed E-state index contributed by atoms with van der Waals surface area (Å²) >= 11 is 5.60. The van der Waals surface area contributed by atoms with Gasteiger partial charge in [-0.05, 0) is 18.4 Å². The third kappa shape index (κ3) is 4.96. The van der Waals surface area contributed by atoms with Crippen LogP contribution in [0.15, 0.2) is 30.3 Å². The molecule has 0 aliphatic heterocycles. The van der Waals surface area contributed by atoms with Crippen LogP contribution in [0.1, 0.15) is 18.9 Å². The van der Waals surface area contributed by atoms with Crippen LogP contribution in [0.25, 0.3) is 0 Å². The van der Waals surface area contributed by atoms with Gasteiger partial charge in [-0.15, -0.1) is 11.6 Å². The zero-order valence-corrected chi connectivity index (χ0v) is 12.3. The molecule has 0 aliphatic rings. The number of hydrogen-bond acceptors (Lipinski definition) is 2. The van der Waals surface area contributed by atoms with Crippen molar-refractivity contribution in [2.45, 2.75) is 19.8 Å². The van der Waals surface area contributed by atoms with Gasteiger partial charge in [-0.25, -0.2) is 12.7 Å². The van der Waals surface area contributed by atoms with E-state index in [0.29, 0.717) is 31.8 Å². The predicted molar refractivity (Wildman–Crippen MR) is 76.5 cm³/mol. The maximum absolute atomic E-state index is 12.1. The number of alkyl halides is 1. The highest BCUT2D eigenvalue weighted by molar-refractivity contribution is 7.89. The van der Waals surface area contributed by atoms with Gasteiger partial charge >= 0.3 is 0 Å². The van der Waals surface area contributed by atoms with Crippen molar-refractivity contribution in [2.24, 2.45) is 0 Å². The summed E-state index contributed by atoms with van der Waals surface area (Å²) in [6.45, 7) is 2.87. The molecule has 0 N–H and O–H groups in total. The molecular weight excluding hydrogens is 270 g/mol. The van der Waals surface area contributed by atoms with Crippen LogP contribution in [-0.2, 0) is 16.4 Å². The van der Waals surface area contributed by atoms with Gasteiger partial charge < -0.3 is 0 Å². The van der Waals surface area contributed by atoms with Crippen LogP contribution < -0.4 is 0 Å². The van der Waals surface area contributed by atoms with Crippen molar-refractivity contribution in [3.05, 3.63) is 35.9 Å². The third-order valence-corrected chi connectivity index (χ3v) is 4.99. The number of rotatable bonds is 8. The van der Waals surface area contributed by atoms with Crippen molar-refractivity contribution in [1.82, 2.24) is 4.31 Å². The first kappa shape index (κ1) is 15.5. The summed E-state index contributed by atoms with van der Waals surface area (Å²) in [5.74, 6) is 0.651. The average Bonchev–Trinajstić information content (AvgIpc) is 2.38. The van der Waals surface area contributed by atoms with Crippen LogP contribution >= 0.6 is 11.6 Å². The molecular formula is C13H20ClNO2S. The second-order valence-electron chi connectivity index (χ2n) is 4.09. The Kier molecular flexibility index (Phi) is 6.68. The number of nitrogens with zero attached hydrogens (tertiary/aromatic N) is 1. The zero-order chi connectivity index (χ0) is 13.4. The van der Waals surface area contributed by atoms with E-state index in [1.807, 2.05) is 37.3 Å². The fraction of sp³-hybridized carbons (Fsp3) is 0.538. The molecule has 0 atom stereocenters. The molecule has 1 aromatic rings. The van der Waals surface area contributed by atoms with Gasteiger partial charge in [0, 0.05) is 19.0 Å². The van der Waals surface area contributed by atoms with E-state index >= 15 is 0 Å². The van der Waals surface area contributed by atoms with Gasteiger partial charge in [0.05, 0.1) is 5.75 Å². The first-order chi connectivity index (χ1) is 8.60. The lowest BCUT2D eigenvalue weighted by molar-refractivity contribution is 0.428. The number of benzene rings is 1. The molecule has 5 heteroatoms. The van der Waals surface area contributed by atoms with Gasteiger partial charge in [0.15, 0.2) is 0 Å². The molecule has 0 radical (unpaired) electrons. The molecule has 0 saturated carbocycles. The first-order valence-electron chi connectivity index (χ1n) is 6.18. The molecule has 3 nitrogen and oxygen atoms in total. The number of hydrogen-bond donors (Lipinski definition) is 0. The lowest BCUT2D eigenvalue weighted by Gasteiger charge is -2.19. The smallest absolute Gasteiger partial charge is 0.212 e. The van der Waals surface area contributed by atoms with E-state index in [2.05, 4.69) is 0 Å². The molecule has 0 unspecified atom stereocenters. The summed E-state index contributed by atoms with van der Waals surface area (Å²) in [5.41, 5.74) is 1.05. The summed E-state index contributed by atoms with van der Waals surface area (Å²) < 4.78 is 25.8. The first-order valence-corrected chi connectivity index (χ1v) is 8.32. The topological polar surface area (TPSA) is 37.4 Å². The summed E-state index contributed by atoms with van der Waals surface area (Å²) in [4.78, 5) is 0. The summed E-state index contributed by atoms with van der Waals surface area (Å²) in [6, 6.07) is 9.67. The van der Waals surface area contributed by atoms with Gasteiger partial charge in [-0.1, -0.05) is 37.3 Å². The Morgan fingerprint density at radius 3 is 2.44 bits per heavy atom. The van der Waals surface area contributed by atoms with E-state index in [1.54, 1.807) is 0 Å². The molecule has 0 aromatic heterocycles. The number of aryl methyl sites for hydroxylation is 1. The molecule has 0 fully saturated rings. The van der Waals surface area contributed by atoms with Gasteiger partial charge in [0.1, 0.15) is 0 Å². The number of sulfonamides is 1. The van der Waals surface area contributed by atoms with E-state index < -0.39 is 10.0 Å². The third-order valence-electron chi connectivity index (χ3n) is 2.78. The lowest BCUT2D eigenvalue weighted by Crippen LogP contribution is -2.34. The van der Waals surface area contributed by atoms with E-state index in [-0.39, 0.29) is 5.75 Å². The van der Waals surface area contributed by atoms with Gasteiger partial charge in [0.25, 0.3) is 0 Å². The minimum atomic E-state index is -3.17. The Balaban J connectivity index is 2.57. The van der Waals surface area contributed by atoms with Crippen LogP contribution in [0.4, 0.5) is 0 Å². The highest BCUT2D eigenvalue weighted by Gasteiger charge is 2.19. The molecule has 1 rings (SSSR count). The quantitative estimate of drug-likeness (QED) is 0.690. The van der Waals surface area contributed by atoms with E-state index in [0.717, 1.165) is 5.56 Å². The number of halogens is 1. The largest absolute Gasteiger partial charge is 0.214 e. The predicted octanol–water partition coefficient (Wildman–Crippen LogP) is 2.51. The minimum absolute atomic E-state index is 0.160. The second-order valence-corrected chi connectivity index (χ2v) is 6.55. The molecule has 102 valence electrons. The molecule has 0 amide bonds. The van der Waals surface area contributed by atoms with Crippen LogP contribution in [0, 0.1) is 0 Å². The minimum Gasteiger partial charge on any atom is -0.212 e. The Labute approximate surface area is 115 Å². The lowest BCUT2D eigenvalue weighted by atomic mass is 10.2. The van der Waals surface area contributed by atoms with Crippen LogP contribution in [0.3, 0.4) is 0 Å². The van der Waals surface area contributed by atoms with Crippen molar-refractivity contribution in [3.63, 3.8) is 0 Å². The second kappa shape index (κ2) is 7.77. The van der Waals surface area contributed by atoms with E-state index in [4.69, 9.17) is 11.6 Å². The van der Waals surface area contributed by atoms with Crippen LogP contribution in [0.5, 0.6) is 0 Å². The van der Waals surface area contributed by atoms with Crippen molar-refractivity contribution in [1.29, 1.82) is 0 Å². The Hall–Kier alpha value is -0.580. The normalized spacial score (nSPS) is 11.9.